The summed E-state index contributed by atoms with van der Waals surface area (Å²) < 4.78 is 4.83. The van der Waals surface area contributed by atoms with Crippen LogP contribution in [0.4, 0.5) is 0 Å². The van der Waals surface area contributed by atoms with Crippen LogP contribution in [0.2, 0.25) is 0 Å². The van der Waals surface area contributed by atoms with Crippen molar-refractivity contribution in [2.75, 3.05) is 20.2 Å². The molecule has 2 unspecified atom stereocenters. The Balaban J connectivity index is 1.66. The lowest BCUT2D eigenvalue weighted by Crippen LogP contribution is -2.47. The fourth-order valence-electron chi connectivity index (χ4n) is 3.99. The number of nitrogens with one attached hydrogen (secondary N) is 1. The number of esters is 1. The highest BCUT2D eigenvalue weighted by Gasteiger charge is 2.27. The number of hydrogen-bond donors (Lipinski definition) is 1. The summed E-state index contributed by atoms with van der Waals surface area (Å²) in [5, 5.41) is 3.22. The van der Waals surface area contributed by atoms with E-state index in [1.165, 1.54) is 12.7 Å². The fourth-order valence-corrected chi connectivity index (χ4v) is 3.99. The first kappa shape index (κ1) is 21.1. The molecular weight excluding hydrogens is 364 g/mol. The monoisotopic (exact) mass is 394 g/mol. The van der Waals surface area contributed by atoms with Gasteiger partial charge >= 0.3 is 5.97 Å². The lowest BCUT2D eigenvalue weighted by molar-refractivity contribution is -0.143. The summed E-state index contributed by atoms with van der Waals surface area (Å²) >= 11 is 0. The molecule has 1 heterocycles. The van der Waals surface area contributed by atoms with Gasteiger partial charge in [-0.05, 0) is 36.9 Å². The van der Waals surface area contributed by atoms with E-state index in [9.17, 15) is 9.59 Å². The number of piperidine rings is 1. The number of rotatable bonds is 8. The molecule has 1 fully saturated rings. The van der Waals surface area contributed by atoms with Gasteiger partial charge in [-0.15, -0.1) is 0 Å². The molecule has 2 atom stereocenters. The Kier molecular flexibility index (Phi) is 7.82. The smallest absolute Gasteiger partial charge is 0.307 e. The van der Waals surface area contributed by atoms with E-state index in [0.29, 0.717) is 13.0 Å². The second kappa shape index (κ2) is 10.8. The maximum atomic E-state index is 12.9. The summed E-state index contributed by atoms with van der Waals surface area (Å²) in [6, 6.07) is 20.3. The predicted octanol–water partition coefficient (Wildman–Crippen LogP) is 3.50. The molecule has 154 valence electrons. The Morgan fingerprint density at radius 1 is 1.07 bits per heavy atom. The summed E-state index contributed by atoms with van der Waals surface area (Å²) in [5.41, 5.74) is 2.28. The van der Waals surface area contributed by atoms with Gasteiger partial charge in [0.1, 0.15) is 0 Å². The maximum Gasteiger partial charge on any atom is 0.307 e. The van der Waals surface area contributed by atoms with Crippen LogP contribution in [0.3, 0.4) is 0 Å². The van der Waals surface area contributed by atoms with Crippen LogP contribution in [0.1, 0.15) is 42.9 Å². The third-order valence-corrected chi connectivity index (χ3v) is 5.55. The molecule has 1 amide bonds. The van der Waals surface area contributed by atoms with Crippen molar-refractivity contribution in [2.24, 2.45) is 0 Å². The number of hydrogen-bond acceptors (Lipinski definition) is 4. The molecule has 2 aromatic rings. The number of ether oxygens (including phenoxy) is 1. The van der Waals surface area contributed by atoms with Crippen LogP contribution in [-0.4, -0.2) is 43.0 Å². The van der Waals surface area contributed by atoms with Crippen molar-refractivity contribution in [2.45, 2.75) is 44.2 Å². The van der Waals surface area contributed by atoms with Gasteiger partial charge in [-0.3, -0.25) is 14.5 Å². The predicted molar refractivity (Wildman–Crippen MR) is 113 cm³/mol. The molecule has 0 aliphatic carbocycles. The molecular formula is C24H30N2O3. The van der Waals surface area contributed by atoms with Crippen molar-refractivity contribution in [1.82, 2.24) is 10.2 Å². The molecule has 1 saturated heterocycles. The Bertz CT molecular complexity index is 779. The van der Waals surface area contributed by atoms with Gasteiger partial charge in [0.15, 0.2) is 0 Å². The van der Waals surface area contributed by atoms with E-state index in [1.54, 1.807) is 0 Å². The van der Waals surface area contributed by atoms with Crippen molar-refractivity contribution in [3.63, 3.8) is 0 Å². The molecule has 5 heteroatoms. The number of amides is 1. The van der Waals surface area contributed by atoms with Gasteiger partial charge in [-0.1, -0.05) is 67.1 Å². The van der Waals surface area contributed by atoms with Crippen molar-refractivity contribution >= 4 is 11.9 Å². The molecule has 1 N–H and O–H groups in total. The highest BCUT2D eigenvalue weighted by atomic mass is 16.5. The van der Waals surface area contributed by atoms with Crippen LogP contribution in [0.15, 0.2) is 60.7 Å². The van der Waals surface area contributed by atoms with Crippen molar-refractivity contribution in [1.29, 1.82) is 0 Å². The topological polar surface area (TPSA) is 58.6 Å². The molecule has 0 aromatic heterocycles. The third-order valence-electron chi connectivity index (χ3n) is 5.55. The number of benzene rings is 2. The number of methoxy groups -OCH3 is 1. The first-order valence-corrected chi connectivity index (χ1v) is 10.3. The minimum atomic E-state index is -0.214. The Morgan fingerprint density at radius 2 is 1.76 bits per heavy atom. The van der Waals surface area contributed by atoms with Gasteiger partial charge in [0.25, 0.3) is 0 Å². The number of likely N-dealkylation sites (tertiary alicyclic amines) is 1. The normalized spacial score (nSPS) is 18.0. The average molecular weight is 395 g/mol. The minimum absolute atomic E-state index is 0.00782. The zero-order valence-corrected chi connectivity index (χ0v) is 17.0. The first-order valence-electron chi connectivity index (χ1n) is 10.3. The summed E-state index contributed by atoms with van der Waals surface area (Å²) in [6.45, 7) is 1.14. The van der Waals surface area contributed by atoms with E-state index in [4.69, 9.17) is 4.74 Å². The molecule has 29 heavy (non-hydrogen) atoms. The summed E-state index contributed by atoms with van der Waals surface area (Å²) in [7, 11) is 1.41. The van der Waals surface area contributed by atoms with E-state index < -0.39 is 0 Å². The standard InChI is InChI=1S/C24H30N2O3/c1-29-24(28)17-21-14-8-9-15-26(21)18-23(27)25-22(20-12-6-3-7-13-20)16-19-10-4-2-5-11-19/h2-7,10-13,21-22H,8-9,14-18H2,1H3,(H,25,27). The van der Waals surface area contributed by atoms with Crippen molar-refractivity contribution in [3.8, 4) is 0 Å². The van der Waals surface area contributed by atoms with Crippen LogP contribution >= 0.6 is 0 Å². The number of nitrogens with zero attached hydrogens (tertiary/aromatic N) is 1. The summed E-state index contributed by atoms with van der Waals surface area (Å²) in [5.74, 6) is -0.222. The summed E-state index contributed by atoms with van der Waals surface area (Å²) in [4.78, 5) is 26.8. The second-order valence-corrected chi connectivity index (χ2v) is 7.62. The van der Waals surface area contributed by atoms with Gasteiger partial charge in [0, 0.05) is 6.04 Å². The van der Waals surface area contributed by atoms with Gasteiger partial charge < -0.3 is 10.1 Å². The average Bonchev–Trinajstić information content (AvgIpc) is 2.76. The zero-order valence-electron chi connectivity index (χ0n) is 17.0. The molecule has 0 spiro atoms. The van der Waals surface area contributed by atoms with E-state index in [-0.39, 0.29) is 24.0 Å². The van der Waals surface area contributed by atoms with Gasteiger partial charge in [-0.25, -0.2) is 0 Å². The molecule has 5 nitrogen and oxygen atoms in total. The largest absolute Gasteiger partial charge is 0.469 e. The number of carbonyl (C=O) groups is 2. The van der Waals surface area contributed by atoms with E-state index in [1.807, 2.05) is 36.4 Å². The van der Waals surface area contributed by atoms with Crippen LogP contribution in [0, 0.1) is 0 Å². The van der Waals surface area contributed by atoms with Crippen LogP contribution in [0.25, 0.3) is 0 Å². The molecule has 1 aliphatic rings. The number of carbonyl (C=O) groups excluding carboxylic acids is 2. The highest BCUT2D eigenvalue weighted by Crippen LogP contribution is 2.21. The Hall–Kier alpha value is -2.66. The van der Waals surface area contributed by atoms with Gasteiger partial charge in [-0.2, -0.15) is 0 Å². The lowest BCUT2D eigenvalue weighted by Gasteiger charge is -2.35. The Morgan fingerprint density at radius 3 is 2.45 bits per heavy atom. The van der Waals surface area contributed by atoms with E-state index in [2.05, 4.69) is 34.5 Å². The zero-order chi connectivity index (χ0) is 20.5. The molecule has 0 saturated carbocycles. The van der Waals surface area contributed by atoms with Gasteiger partial charge in [0.05, 0.1) is 26.1 Å². The second-order valence-electron chi connectivity index (χ2n) is 7.62. The molecule has 0 bridgehead atoms. The van der Waals surface area contributed by atoms with Gasteiger partial charge in [0.2, 0.25) is 5.91 Å². The van der Waals surface area contributed by atoms with Crippen LogP contribution in [0.5, 0.6) is 0 Å². The summed E-state index contributed by atoms with van der Waals surface area (Å²) in [6.07, 6.45) is 4.14. The highest BCUT2D eigenvalue weighted by molar-refractivity contribution is 5.79. The van der Waals surface area contributed by atoms with Crippen LogP contribution < -0.4 is 5.32 Å². The van der Waals surface area contributed by atoms with E-state index >= 15 is 0 Å². The minimum Gasteiger partial charge on any atom is -0.469 e. The molecule has 0 radical (unpaired) electrons. The quantitative estimate of drug-likeness (QED) is 0.696. The third kappa shape index (κ3) is 6.43. The molecule has 1 aliphatic heterocycles. The van der Waals surface area contributed by atoms with Crippen molar-refractivity contribution < 1.29 is 14.3 Å². The fraction of sp³-hybridized carbons (Fsp3) is 0.417. The SMILES string of the molecule is COC(=O)CC1CCCCN1CC(=O)NC(Cc1ccccc1)c1ccccc1. The molecule has 3 rings (SSSR count). The van der Waals surface area contributed by atoms with E-state index in [0.717, 1.165) is 37.8 Å². The maximum absolute atomic E-state index is 12.9. The van der Waals surface area contributed by atoms with Crippen molar-refractivity contribution in [3.05, 3.63) is 71.8 Å². The molecule has 2 aromatic carbocycles. The van der Waals surface area contributed by atoms with Crippen LogP contribution in [-0.2, 0) is 20.7 Å². The lowest BCUT2D eigenvalue weighted by atomic mass is 9.98. The first-order chi connectivity index (χ1) is 14.2. The Labute approximate surface area is 173 Å².